The van der Waals surface area contributed by atoms with Gasteiger partial charge in [0.25, 0.3) is 0 Å². The number of carbonyl (C=O) groups is 1. The fraction of sp³-hybridized carbons (Fsp3) is 0.929. The van der Waals surface area contributed by atoms with Crippen LogP contribution >= 0.6 is 0 Å². The monoisotopic (exact) mass is 254 g/mol. The summed E-state index contributed by atoms with van der Waals surface area (Å²) in [6.07, 6.45) is 7.46. The molecule has 18 heavy (non-hydrogen) atoms. The van der Waals surface area contributed by atoms with E-state index in [9.17, 15) is 9.90 Å². The fourth-order valence-corrected chi connectivity index (χ4v) is 3.12. The third kappa shape index (κ3) is 3.37. The lowest BCUT2D eigenvalue weighted by Crippen LogP contribution is -2.51. The number of nitrogens with one attached hydrogen (secondary N) is 1. The van der Waals surface area contributed by atoms with Crippen LogP contribution in [0.3, 0.4) is 0 Å². The van der Waals surface area contributed by atoms with Crippen LogP contribution in [-0.4, -0.2) is 41.3 Å². The van der Waals surface area contributed by atoms with E-state index in [1.54, 1.807) is 0 Å². The summed E-state index contributed by atoms with van der Waals surface area (Å²) in [7, 11) is 0. The first-order valence-electron chi connectivity index (χ1n) is 7.44. The van der Waals surface area contributed by atoms with Crippen molar-refractivity contribution >= 4 is 6.03 Å². The Kier molecular flexibility index (Phi) is 4.87. The molecular formula is C14H26N2O2. The van der Waals surface area contributed by atoms with Crippen LogP contribution in [0.2, 0.25) is 0 Å². The molecule has 4 nitrogen and oxygen atoms in total. The Morgan fingerprint density at radius 3 is 2.67 bits per heavy atom. The smallest absolute Gasteiger partial charge is 0.317 e. The summed E-state index contributed by atoms with van der Waals surface area (Å²) >= 11 is 0. The molecule has 0 aromatic carbocycles. The zero-order valence-electron chi connectivity index (χ0n) is 11.4. The van der Waals surface area contributed by atoms with Gasteiger partial charge in [-0.25, -0.2) is 4.79 Å². The van der Waals surface area contributed by atoms with Gasteiger partial charge >= 0.3 is 6.03 Å². The number of rotatable bonds is 2. The van der Waals surface area contributed by atoms with Gasteiger partial charge in [0.2, 0.25) is 0 Å². The van der Waals surface area contributed by atoms with E-state index in [2.05, 4.69) is 12.2 Å². The highest BCUT2D eigenvalue weighted by atomic mass is 16.3. The predicted molar refractivity (Wildman–Crippen MR) is 71.4 cm³/mol. The molecule has 1 heterocycles. The molecule has 2 amide bonds. The summed E-state index contributed by atoms with van der Waals surface area (Å²) in [4.78, 5) is 14.1. The second-order valence-corrected chi connectivity index (χ2v) is 5.75. The van der Waals surface area contributed by atoms with E-state index in [1.807, 2.05) is 4.90 Å². The Labute approximate surface area is 110 Å². The predicted octanol–water partition coefficient (Wildman–Crippen LogP) is 2.12. The molecule has 2 unspecified atom stereocenters. The molecule has 1 aliphatic carbocycles. The van der Waals surface area contributed by atoms with Gasteiger partial charge in [-0.1, -0.05) is 26.2 Å². The van der Waals surface area contributed by atoms with Gasteiger partial charge in [0.15, 0.2) is 0 Å². The molecule has 1 saturated heterocycles. The summed E-state index contributed by atoms with van der Waals surface area (Å²) in [6.45, 7) is 3.48. The second-order valence-electron chi connectivity index (χ2n) is 5.75. The lowest BCUT2D eigenvalue weighted by atomic mass is 9.92. The number of urea groups is 1. The molecule has 0 spiro atoms. The van der Waals surface area contributed by atoms with E-state index in [1.165, 1.54) is 19.3 Å². The highest BCUT2D eigenvalue weighted by molar-refractivity contribution is 5.74. The van der Waals surface area contributed by atoms with Gasteiger partial charge in [0.05, 0.1) is 6.10 Å². The number of hydrogen-bond acceptors (Lipinski definition) is 2. The highest BCUT2D eigenvalue weighted by Gasteiger charge is 2.29. The number of carbonyl (C=O) groups excluding carboxylic acids is 1. The molecule has 1 saturated carbocycles. The third-order valence-corrected chi connectivity index (χ3v) is 4.44. The van der Waals surface area contributed by atoms with E-state index >= 15 is 0 Å². The standard InChI is InChI=1S/C14H26N2O2/c1-2-11-10-16(9-8-13(11)17)14(18)15-12-6-4-3-5-7-12/h11-13,17H,2-10H2,1H3,(H,15,18). The van der Waals surface area contributed by atoms with Crippen LogP contribution in [0.4, 0.5) is 4.79 Å². The van der Waals surface area contributed by atoms with Crippen molar-refractivity contribution in [2.24, 2.45) is 5.92 Å². The van der Waals surface area contributed by atoms with E-state index in [0.717, 1.165) is 25.7 Å². The number of nitrogens with zero attached hydrogens (tertiary/aromatic N) is 1. The van der Waals surface area contributed by atoms with E-state index in [4.69, 9.17) is 0 Å². The van der Waals surface area contributed by atoms with Crippen LogP contribution < -0.4 is 5.32 Å². The molecule has 0 aromatic heterocycles. The number of aliphatic hydroxyl groups is 1. The van der Waals surface area contributed by atoms with Crippen molar-refractivity contribution in [1.82, 2.24) is 10.2 Å². The first-order chi connectivity index (χ1) is 8.70. The quantitative estimate of drug-likeness (QED) is 0.793. The lowest BCUT2D eigenvalue weighted by Gasteiger charge is -2.37. The Hall–Kier alpha value is -0.770. The molecule has 0 aromatic rings. The van der Waals surface area contributed by atoms with Gasteiger partial charge in [0, 0.05) is 25.0 Å². The second kappa shape index (κ2) is 6.41. The number of likely N-dealkylation sites (tertiary alicyclic amines) is 1. The molecule has 104 valence electrons. The van der Waals surface area contributed by atoms with Crippen LogP contribution in [0.1, 0.15) is 51.9 Å². The number of piperidine rings is 1. The van der Waals surface area contributed by atoms with Gasteiger partial charge in [-0.2, -0.15) is 0 Å². The average molecular weight is 254 g/mol. The Balaban J connectivity index is 1.81. The summed E-state index contributed by atoms with van der Waals surface area (Å²) in [5, 5.41) is 13.0. The molecule has 2 N–H and O–H groups in total. The minimum atomic E-state index is -0.228. The fourth-order valence-electron chi connectivity index (χ4n) is 3.12. The van der Waals surface area contributed by atoms with E-state index < -0.39 is 0 Å². The van der Waals surface area contributed by atoms with Gasteiger partial charge < -0.3 is 15.3 Å². The SMILES string of the molecule is CCC1CN(C(=O)NC2CCCCC2)CCC1O. The molecule has 4 heteroatoms. The first kappa shape index (κ1) is 13.7. The van der Waals surface area contributed by atoms with E-state index in [0.29, 0.717) is 19.1 Å². The summed E-state index contributed by atoms with van der Waals surface area (Å²) in [5.74, 6) is 0.246. The zero-order chi connectivity index (χ0) is 13.0. The van der Waals surface area contributed by atoms with Gasteiger partial charge in [-0.3, -0.25) is 0 Å². The van der Waals surface area contributed by atoms with Crippen molar-refractivity contribution in [3.8, 4) is 0 Å². The van der Waals surface area contributed by atoms with Crippen LogP contribution in [0.25, 0.3) is 0 Å². The van der Waals surface area contributed by atoms with Crippen molar-refractivity contribution in [3.05, 3.63) is 0 Å². The molecule has 0 bridgehead atoms. The summed E-state index contributed by atoms with van der Waals surface area (Å²) in [5.41, 5.74) is 0. The number of aliphatic hydroxyl groups excluding tert-OH is 1. The van der Waals surface area contributed by atoms with Gasteiger partial charge in [-0.15, -0.1) is 0 Å². The minimum Gasteiger partial charge on any atom is -0.393 e. The highest BCUT2D eigenvalue weighted by Crippen LogP contribution is 2.21. The van der Waals surface area contributed by atoms with Crippen LogP contribution in [0.15, 0.2) is 0 Å². The third-order valence-electron chi connectivity index (χ3n) is 4.44. The lowest BCUT2D eigenvalue weighted by molar-refractivity contribution is 0.0375. The van der Waals surface area contributed by atoms with Crippen LogP contribution in [0.5, 0.6) is 0 Å². The Morgan fingerprint density at radius 2 is 2.00 bits per heavy atom. The van der Waals surface area contributed by atoms with Gasteiger partial charge in [-0.05, 0) is 25.7 Å². The normalized spacial score (nSPS) is 30.2. The maximum absolute atomic E-state index is 12.2. The van der Waals surface area contributed by atoms with Crippen molar-refractivity contribution < 1.29 is 9.90 Å². The summed E-state index contributed by atoms with van der Waals surface area (Å²) in [6, 6.07) is 0.449. The van der Waals surface area contributed by atoms with E-state index in [-0.39, 0.29) is 18.1 Å². The van der Waals surface area contributed by atoms with Crippen molar-refractivity contribution in [2.75, 3.05) is 13.1 Å². The number of amides is 2. The summed E-state index contributed by atoms with van der Waals surface area (Å²) < 4.78 is 0. The molecule has 2 rings (SSSR count). The Morgan fingerprint density at radius 1 is 1.28 bits per heavy atom. The van der Waals surface area contributed by atoms with Gasteiger partial charge in [0.1, 0.15) is 0 Å². The number of hydrogen-bond donors (Lipinski definition) is 2. The molecule has 0 radical (unpaired) electrons. The van der Waals surface area contributed by atoms with Crippen molar-refractivity contribution in [3.63, 3.8) is 0 Å². The molecule has 2 aliphatic rings. The zero-order valence-corrected chi connectivity index (χ0v) is 11.4. The molecule has 2 fully saturated rings. The minimum absolute atomic E-state index is 0.0762. The maximum atomic E-state index is 12.2. The molecule has 2 atom stereocenters. The van der Waals surface area contributed by atoms with Crippen molar-refractivity contribution in [2.45, 2.75) is 64.0 Å². The molecular weight excluding hydrogens is 228 g/mol. The van der Waals surface area contributed by atoms with Crippen LogP contribution in [0, 0.1) is 5.92 Å². The Bertz CT molecular complexity index is 277. The van der Waals surface area contributed by atoms with Crippen molar-refractivity contribution in [1.29, 1.82) is 0 Å². The largest absolute Gasteiger partial charge is 0.393 e. The average Bonchev–Trinajstić information content (AvgIpc) is 2.40. The first-order valence-corrected chi connectivity index (χ1v) is 7.44. The maximum Gasteiger partial charge on any atom is 0.317 e. The molecule has 1 aliphatic heterocycles. The topological polar surface area (TPSA) is 52.6 Å². The van der Waals surface area contributed by atoms with Crippen LogP contribution in [-0.2, 0) is 0 Å².